The number of rotatable bonds is 8. The van der Waals surface area contributed by atoms with Gasteiger partial charge in [-0.2, -0.15) is 49.7 Å². The quantitative estimate of drug-likeness (QED) is 0.0764. The van der Waals surface area contributed by atoms with E-state index in [1.807, 2.05) is 0 Å². The van der Waals surface area contributed by atoms with Crippen molar-refractivity contribution < 1.29 is 67.8 Å². The first kappa shape index (κ1) is 57.7. The lowest BCUT2D eigenvalue weighted by atomic mass is 9.72. The summed E-state index contributed by atoms with van der Waals surface area (Å²) in [5.74, 6) is -4.24. The number of alkyl halides is 11. The largest absolute Gasteiger partial charge is 0.480 e. The summed E-state index contributed by atoms with van der Waals surface area (Å²) in [6.45, 7) is 19.9. The normalized spacial score (nSPS) is 15.8. The molecule has 0 spiro atoms. The Labute approximate surface area is 418 Å². The van der Waals surface area contributed by atoms with Gasteiger partial charge >= 0.3 is 24.5 Å². The Kier molecular flexibility index (Phi) is 18.9. The topological polar surface area (TPSA) is 196 Å². The van der Waals surface area contributed by atoms with Crippen LogP contribution in [0.2, 0.25) is 0 Å². The number of aromatic amines is 1. The molecule has 0 radical (unpaired) electrons. The van der Waals surface area contributed by atoms with Crippen molar-refractivity contribution in [1.82, 2.24) is 34.9 Å². The van der Waals surface area contributed by atoms with Crippen LogP contribution in [-0.2, 0) is 51.3 Å². The molecule has 8 rings (SSSR count). The van der Waals surface area contributed by atoms with Crippen LogP contribution in [0.5, 0.6) is 0 Å². The van der Waals surface area contributed by atoms with E-state index in [4.69, 9.17) is 30.6 Å². The summed E-state index contributed by atoms with van der Waals surface area (Å²) in [4.78, 5) is 53.4. The molecule has 3 aliphatic rings. The maximum absolute atomic E-state index is 13.2. The molecule has 15 nitrogen and oxygen atoms in total. The zero-order valence-corrected chi connectivity index (χ0v) is 39.9. The van der Waals surface area contributed by atoms with E-state index in [0.29, 0.717) is 31.7 Å². The highest BCUT2D eigenvalue weighted by Crippen LogP contribution is 2.44. The lowest BCUT2D eigenvalue weighted by Gasteiger charge is -2.40. The Bertz CT molecular complexity index is 2860. The van der Waals surface area contributed by atoms with E-state index in [-0.39, 0.29) is 47.0 Å². The number of Topliss-reactive ketones (excluding diaryl/α,β-unsaturated/α-hetero) is 2. The second kappa shape index (κ2) is 23.6. The van der Waals surface area contributed by atoms with E-state index < -0.39 is 78.6 Å². The molecular formula is C44H36Br2F11N11O4. The summed E-state index contributed by atoms with van der Waals surface area (Å²) in [5.41, 5.74) is 0.866. The van der Waals surface area contributed by atoms with Gasteiger partial charge in [-0.05, 0) is 63.9 Å². The molecule has 3 saturated carbocycles. The highest BCUT2D eigenvalue weighted by atomic mass is 79.9. The van der Waals surface area contributed by atoms with Gasteiger partial charge in [0.25, 0.3) is 17.5 Å². The summed E-state index contributed by atoms with van der Waals surface area (Å²) in [7, 11) is 0. The third kappa shape index (κ3) is 14.8. The van der Waals surface area contributed by atoms with E-state index >= 15 is 0 Å². The van der Waals surface area contributed by atoms with E-state index in [1.54, 1.807) is 0 Å². The number of anilines is 1. The van der Waals surface area contributed by atoms with Gasteiger partial charge in [-0.3, -0.25) is 24.2 Å². The Morgan fingerprint density at radius 3 is 1.38 bits per heavy atom. The lowest BCUT2D eigenvalue weighted by molar-refractivity contribution is -0.142. The molecule has 0 saturated heterocycles. The number of ketones is 2. The maximum Gasteiger partial charge on any atom is 0.409 e. The fourth-order valence-corrected chi connectivity index (χ4v) is 7.90. The molecule has 0 atom stereocenters. The predicted molar refractivity (Wildman–Crippen MR) is 240 cm³/mol. The smallest absolute Gasteiger partial charge is 0.409 e. The number of aliphatic carboxylic acids is 1. The molecule has 0 aromatic carbocycles. The van der Waals surface area contributed by atoms with E-state index in [9.17, 15) is 62.7 Å². The first-order chi connectivity index (χ1) is 33.5. The van der Waals surface area contributed by atoms with Crippen LogP contribution in [0.25, 0.3) is 14.5 Å². The predicted octanol–water partition coefficient (Wildman–Crippen LogP) is 11.9. The number of pyridine rings is 3. The molecule has 0 amide bonds. The van der Waals surface area contributed by atoms with E-state index in [2.05, 4.69) is 76.6 Å². The summed E-state index contributed by atoms with van der Waals surface area (Å²) in [6.07, 6.45) is -0.125. The number of halogens is 13. The van der Waals surface area contributed by atoms with Gasteiger partial charge in [0.05, 0.1) is 51.5 Å². The molecule has 0 aliphatic heterocycles. The van der Waals surface area contributed by atoms with Crippen LogP contribution in [0.3, 0.4) is 0 Å². The van der Waals surface area contributed by atoms with E-state index in [1.165, 1.54) is 10.9 Å². The van der Waals surface area contributed by atoms with Crippen LogP contribution in [0, 0.1) is 31.4 Å². The number of carbonyl (C=O) groups excluding carboxylic acids is 2. The molecule has 5 heterocycles. The summed E-state index contributed by atoms with van der Waals surface area (Å²) in [5, 5.41) is 17.9. The number of carboxylic acid groups (broad SMARTS) is 1. The lowest BCUT2D eigenvalue weighted by Crippen LogP contribution is -2.49. The second-order valence-corrected chi connectivity index (χ2v) is 19.0. The molecule has 72 heavy (non-hydrogen) atoms. The van der Waals surface area contributed by atoms with Crippen molar-refractivity contribution in [2.24, 2.45) is 0 Å². The van der Waals surface area contributed by atoms with Crippen LogP contribution in [-0.4, -0.2) is 66.2 Å². The zero-order valence-electron chi connectivity index (χ0n) is 36.7. The molecule has 5 aromatic heterocycles. The Balaban J connectivity index is 0.000000212. The van der Waals surface area contributed by atoms with Gasteiger partial charge in [0.1, 0.15) is 28.5 Å². The zero-order chi connectivity index (χ0) is 53.9. The highest BCUT2D eigenvalue weighted by molar-refractivity contribution is 9.10. The van der Waals surface area contributed by atoms with Crippen LogP contribution in [0.4, 0.5) is 71.4 Å². The molecule has 382 valence electrons. The van der Waals surface area contributed by atoms with Gasteiger partial charge in [0.15, 0.2) is 23.2 Å². The van der Waals surface area contributed by atoms with Crippen molar-refractivity contribution in [2.75, 3.05) is 5.73 Å². The number of nitrogens with zero attached hydrogens (tertiary/aromatic N) is 9. The minimum Gasteiger partial charge on any atom is -0.480 e. The Morgan fingerprint density at radius 1 is 0.653 bits per heavy atom. The standard InChI is InChI=1S/C16H12F4N4O.C13H10BrF3N2O.C7H4F3N3.C5H7BrO2.C3H3FN2/c1-21-14-12(16(18,19)20)5-10(7-22-14)6-13(25)15(3-2-4-15)24-9-11(17)8-23-24;1-18-11-9(13(15,16)17)5-8(7-19-11)6-10(20)12(14)3-2-4-12;1-12-6-5(7(8,9)10)2-4(11)3-13-6;6-5(4(7)8)2-1-3-5;4-3-1-5-6-2-3/h5,7-9H,2-4,6H2;5,7H,2-4,6H2;2-3H,11H2;1-3H2,(H,7,8);1-2H,(H,5,6). The van der Waals surface area contributed by atoms with Gasteiger partial charge in [0.2, 0.25) is 0 Å². The Hall–Kier alpha value is -6.86. The van der Waals surface area contributed by atoms with Gasteiger partial charge in [-0.1, -0.05) is 63.7 Å². The fraction of sp³-hybridized carbons (Fsp3) is 0.386. The summed E-state index contributed by atoms with van der Waals surface area (Å²) >= 11 is 6.47. The van der Waals surface area contributed by atoms with Crippen molar-refractivity contribution in [3.05, 3.63) is 135 Å². The molecule has 5 aromatic rings. The van der Waals surface area contributed by atoms with Crippen LogP contribution < -0.4 is 5.73 Å². The van der Waals surface area contributed by atoms with Crippen molar-refractivity contribution >= 4 is 72.5 Å². The molecule has 28 heteroatoms. The second-order valence-electron chi connectivity index (χ2n) is 15.9. The number of hydrogen-bond donors (Lipinski definition) is 3. The average Bonchev–Trinajstić information content (AvgIpc) is 3.94. The monoisotopic (exact) mass is 1150 g/mol. The van der Waals surface area contributed by atoms with Gasteiger partial charge < -0.3 is 25.4 Å². The Morgan fingerprint density at radius 2 is 1.08 bits per heavy atom. The van der Waals surface area contributed by atoms with Gasteiger partial charge in [0, 0.05) is 24.0 Å². The van der Waals surface area contributed by atoms with Crippen LogP contribution in [0.1, 0.15) is 85.6 Å². The minimum absolute atomic E-state index is 0.0589. The number of carbonyl (C=O) groups is 3. The number of nitrogen functional groups attached to an aromatic ring is 1. The van der Waals surface area contributed by atoms with Crippen molar-refractivity contribution in [3.63, 3.8) is 0 Å². The molecule has 0 unspecified atom stereocenters. The van der Waals surface area contributed by atoms with Crippen molar-refractivity contribution in [1.29, 1.82) is 0 Å². The molecule has 4 N–H and O–H groups in total. The molecule has 0 bridgehead atoms. The van der Waals surface area contributed by atoms with Crippen LogP contribution >= 0.6 is 31.9 Å². The van der Waals surface area contributed by atoms with E-state index in [0.717, 1.165) is 81.4 Å². The van der Waals surface area contributed by atoms with Gasteiger partial charge in [-0.15, -0.1) is 15.0 Å². The summed E-state index contributed by atoms with van der Waals surface area (Å²) in [6, 6.07) is 2.31. The summed E-state index contributed by atoms with van der Waals surface area (Å²) < 4.78 is 139. The third-order valence-electron chi connectivity index (χ3n) is 11.0. The number of aromatic nitrogens is 7. The van der Waals surface area contributed by atoms with Crippen molar-refractivity contribution in [3.8, 4) is 0 Å². The molecule has 3 fully saturated rings. The van der Waals surface area contributed by atoms with Crippen LogP contribution in [0.15, 0.2) is 61.6 Å². The molecule has 3 aliphatic carbocycles. The number of nitrogens with one attached hydrogen (secondary N) is 1. The molecular weight excluding hydrogens is 1120 g/mol. The SMILES string of the molecule is Fc1cn[nH]c1.O=C(O)C1(Br)CCC1.[C-]#[N+]c1ncc(CC(=O)C2(Br)CCC2)cc1C(F)(F)F.[C-]#[N+]c1ncc(CC(=O)C2(n3cc(F)cn3)CCC2)cc1C(F)(F)F.[C-]#[N+]c1ncc(N)cc1C(F)(F)F. The first-order valence-corrected chi connectivity index (χ1v) is 22.2. The fourth-order valence-electron chi connectivity index (χ4n) is 6.64. The highest BCUT2D eigenvalue weighted by Gasteiger charge is 2.47. The first-order valence-electron chi connectivity index (χ1n) is 20.6. The average molecular weight is 1150 g/mol. The minimum atomic E-state index is -4.73. The number of H-pyrrole nitrogens is 1. The third-order valence-corrected chi connectivity index (χ3v) is 13.4. The number of hydrogen-bond acceptors (Lipinski definition) is 9. The number of nitrogens with two attached hydrogens (primary N) is 1. The van der Waals surface area contributed by atoms with Crippen molar-refractivity contribution in [2.45, 2.75) is 103 Å². The number of carboxylic acids is 1. The van der Waals surface area contributed by atoms with Gasteiger partial charge in [-0.25, -0.2) is 8.78 Å². The maximum atomic E-state index is 13.2.